The molecule has 0 bridgehead atoms. The van der Waals surface area contributed by atoms with Gasteiger partial charge in [0.05, 0.1) is 16.9 Å². The van der Waals surface area contributed by atoms with E-state index in [2.05, 4.69) is 234 Å². The van der Waals surface area contributed by atoms with Crippen molar-refractivity contribution in [3.63, 3.8) is 0 Å². The smallest absolute Gasteiger partial charge is 0.101 e. The molecule has 0 aliphatic heterocycles. The van der Waals surface area contributed by atoms with Crippen LogP contribution in [-0.4, -0.2) is 9.61 Å². The molecule has 10 aromatic rings. The fraction of sp³-hybridized carbons (Fsp3) is 0. The molecule has 8 aromatic carbocycles. The van der Waals surface area contributed by atoms with Gasteiger partial charge in [-0.15, -0.1) is 0 Å². The van der Waals surface area contributed by atoms with E-state index in [1.54, 1.807) is 0 Å². The van der Waals surface area contributed by atoms with E-state index >= 15 is 0 Å². The number of hydrogen-bond donors (Lipinski definition) is 0. The van der Waals surface area contributed by atoms with Crippen LogP contribution >= 0.6 is 0 Å². The summed E-state index contributed by atoms with van der Waals surface area (Å²) in [5, 5.41) is 7.72. The Bertz CT molecular complexity index is 2920. The lowest BCUT2D eigenvalue weighted by Crippen LogP contribution is -2.11. The number of hydrogen-bond acceptors (Lipinski definition) is 2. The molecule has 0 unspecified atom stereocenters. The van der Waals surface area contributed by atoms with Crippen LogP contribution in [0.5, 0.6) is 0 Å². The highest BCUT2D eigenvalue weighted by Gasteiger charge is 2.24. The second-order valence-corrected chi connectivity index (χ2v) is 14.0. The topological polar surface area (TPSA) is 20.5 Å². The van der Waals surface area contributed by atoms with E-state index in [-0.39, 0.29) is 0 Å². The van der Waals surface area contributed by atoms with E-state index in [0.717, 1.165) is 72.6 Å². The van der Waals surface area contributed by atoms with E-state index in [1.165, 1.54) is 16.7 Å². The van der Waals surface area contributed by atoms with Crippen molar-refractivity contribution in [1.82, 2.24) is 9.61 Å². The minimum Gasteiger partial charge on any atom is -0.310 e. The van der Waals surface area contributed by atoms with Gasteiger partial charge >= 0.3 is 0 Å². The Balaban J connectivity index is 1.28. The maximum absolute atomic E-state index is 5.46. The van der Waals surface area contributed by atoms with E-state index in [4.69, 9.17) is 5.10 Å². The van der Waals surface area contributed by atoms with Crippen LogP contribution in [-0.2, 0) is 0 Å². The van der Waals surface area contributed by atoms with Gasteiger partial charge in [-0.3, -0.25) is 0 Å². The van der Waals surface area contributed by atoms with Crippen molar-refractivity contribution in [2.24, 2.45) is 0 Å². The van der Waals surface area contributed by atoms with Crippen LogP contribution in [0.25, 0.3) is 72.2 Å². The summed E-state index contributed by atoms with van der Waals surface area (Å²) >= 11 is 0. The van der Waals surface area contributed by atoms with Crippen LogP contribution in [0.15, 0.2) is 224 Å². The van der Waals surface area contributed by atoms with Gasteiger partial charge in [0, 0.05) is 38.8 Å². The zero-order valence-corrected chi connectivity index (χ0v) is 30.7. The van der Waals surface area contributed by atoms with Crippen LogP contribution in [0.3, 0.4) is 0 Å². The van der Waals surface area contributed by atoms with Crippen molar-refractivity contribution in [2.45, 2.75) is 0 Å². The average molecular weight is 716 g/mol. The van der Waals surface area contributed by atoms with Gasteiger partial charge in [-0.05, 0) is 64.2 Å². The molecule has 56 heavy (non-hydrogen) atoms. The zero-order valence-electron chi connectivity index (χ0n) is 30.7. The minimum atomic E-state index is 0.954. The standard InChI is InChI=1S/C53H37N3/c1-6-18-38(19-7-1)40-32-34-45(35-33-40)55(46-29-16-28-44(36-46)39-20-8-2-9-21-39)49-31-17-30-47-48(49)37-50(41-22-10-3-11-23-41)56-53(47)51(42-24-12-4-13-25-42)52(54-56)43-26-14-5-15-27-43/h1-37H. The summed E-state index contributed by atoms with van der Waals surface area (Å²) in [6.45, 7) is 0. The molecular weight excluding hydrogens is 679 g/mol. The van der Waals surface area contributed by atoms with E-state index in [1.807, 2.05) is 0 Å². The highest BCUT2D eigenvalue weighted by atomic mass is 15.2. The molecule has 0 saturated heterocycles. The predicted octanol–water partition coefficient (Wildman–Crippen LogP) is 14.3. The molecule has 2 heterocycles. The molecule has 0 atom stereocenters. The summed E-state index contributed by atoms with van der Waals surface area (Å²) in [5.74, 6) is 0. The van der Waals surface area contributed by atoms with Crippen LogP contribution in [0.4, 0.5) is 17.1 Å². The second kappa shape index (κ2) is 14.4. The number of aromatic nitrogens is 2. The molecule has 2 aromatic heterocycles. The van der Waals surface area contributed by atoms with Crippen LogP contribution in [0.2, 0.25) is 0 Å². The first-order valence-electron chi connectivity index (χ1n) is 19.1. The summed E-state index contributed by atoms with van der Waals surface area (Å²) in [6, 6.07) is 79.9. The maximum Gasteiger partial charge on any atom is 0.101 e. The summed E-state index contributed by atoms with van der Waals surface area (Å²) in [6.07, 6.45) is 0. The van der Waals surface area contributed by atoms with Crippen LogP contribution in [0.1, 0.15) is 0 Å². The third-order valence-electron chi connectivity index (χ3n) is 10.6. The maximum atomic E-state index is 5.46. The zero-order chi connectivity index (χ0) is 37.3. The van der Waals surface area contributed by atoms with E-state index in [0.29, 0.717) is 0 Å². The van der Waals surface area contributed by atoms with Gasteiger partial charge in [0.1, 0.15) is 5.69 Å². The van der Waals surface area contributed by atoms with Crippen molar-refractivity contribution >= 4 is 33.4 Å². The van der Waals surface area contributed by atoms with Crippen LogP contribution in [0, 0.1) is 0 Å². The van der Waals surface area contributed by atoms with Gasteiger partial charge in [-0.2, -0.15) is 5.10 Å². The monoisotopic (exact) mass is 715 g/mol. The Morgan fingerprint density at radius 2 is 0.839 bits per heavy atom. The fourth-order valence-electron chi connectivity index (χ4n) is 7.95. The van der Waals surface area contributed by atoms with E-state index in [9.17, 15) is 0 Å². The third-order valence-corrected chi connectivity index (χ3v) is 10.6. The molecule has 3 nitrogen and oxygen atoms in total. The van der Waals surface area contributed by atoms with E-state index < -0.39 is 0 Å². The molecule has 0 saturated carbocycles. The molecule has 0 fully saturated rings. The van der Waals surface area contributed by atoms with Crippen molar-refractivity contribution in [3.8, 4) is 55.9 Å². The minimum absolute atomic E-state index is 0.954. The molecule has 10 rings (SSSR count). The van der Waals surface area contributed by atoms with Gasteiger partial charge in [0.15, 0.2) is 0 Å². The van der Waals surface area contributed by atoms with Crippen molar-refractivity contribution in [2.75, 3.05) is 4.90 Å². The van der Waals surface area contributed by atoms with Crippen molar-refractivity contribution in [3.05, 3.63) is 224 Å². The van der Waals surface area contributed by atoms with Gasteiger partial charge in [-0.25, -0.2) is 4.52 Å². The average Bonchev–Trinajstić information content (AvgIpc) is 3.69. The molecule has 0 spiro atoms. The quantitative estimate of drug-likeness (QED) is 0.156. The summed E-state index contributed by atoms with van der Waals surface area (Å²) in [7, 11) is 0. The Morgan fingerprint density at radius 1 is 0.339 bits per heavy atom. The van der Waals surface area contributed by atoms with Gasteiger partial charge in [-0.1, -0.05) is 188 Å². The van der Waals surface area contributed by atoms with Crippen molar-refractivity contribution in [1.29, 1.82) is 0 Å². The highest BCUT2D eigenvalue weighted by Crippen LogP contribution is 2.46. The Hall–Kier alpha value is -7.49. The lowest BCUT2D eigenvalue weighted by atomic mass is 9.96. The molecule has 3 heteroatoms. The van der Waals surface area contributed by atoms with Gasteiger partial charge in [0.2, 0.25) is 0 Å². The molecule has 0 aliphatic rings. The lowest BCUT2D eigenvalue weighted by Gasteiger charge is -2.28. The molecule has 0 amide bonds. The molecular formula is C53H37N3. The third kappa shape index (κ3) is 6.02. The molecule has 0 radical (unpaired) electrons. The van der Waals surface area contributed by atoms with Gasteiger partial charge in [0.25, 0.3) is 0 Å². The lowest BCUT2D eigenvalue weighted by molar-refractivity contribution is 0.979. The predicted molar refractivity (Wildman–Crippen MR) is 235 cm³/mol. The molecule has 0 aliphatic carbocycles. The largest absolute Gasteiger partial charge is 0.310 e. The number of rotatable bonds is 8. The first-order valence-corrected chi connectivity index (χ1v) is 19.1. The Kier molecular flexibility index (Phi) is 8.51. The SMILES string of the molecule is c1ccc(-c2ccc(N(c3cccc(-c4ccccc4)c3)c3cccc4c3cc(-c3ccccc3)n3nc(-c5ccccc5)c(-c5ccccc5)c43)cc2)cc1. The highest BCUT2D eigenvalue weighted by molar-refractivity contribution is 6.13. The Morgan fingerprint density at radius 3 is 1.46 bits per heavy atom. The second-order valence-electron chi connectivity index (χ2n) is 14.0. The summed E-state index contributed by atoms with van der Waals surface area (Å²) in [4.78, 5) is 2.41. The molecule has 0 N–H and O–H groups in total. The Labute approximate surface area is 327 Å². The number of nitrogens with zero attached hydrogens (tertiary/aromatic N) is 3. The van der Waals surface area contributed by atoms with Gasteiger partial charge < -0.3 is 4.90 Å². The summed E-state index contributed by atoms with van der Waals surface area (Å²) in [5.41, 5.74) is 15.4. The number of pyridine rings is 1. The number of fused-ring (bicyclic) bond motifs is 3. The first kappa shape index (κ1) is 33.1. The normalized spacial score (nSPS) is 11.2. The first-order chi connectivity index (χ1) is 27.8. The van der Waals surface area contributed by atoms with Crippen molar-refractivity contribution < 1.29 is 0 Å². The fourth-order valence-corrected chi connectivity index (χ4v) is 7.95. The summed E-state index contributed by atoms with van der Waals surface area (Å²) < 4.78 is 2.17. The number of benzene rings is 8. The van der Waals surface area contributed by atoms with Crippen LogP contribution < -0.4 is 4.90 Å². The number of anilines is 3. The molecule has 264 valence electrons.